The zero-order valence-corrected chi connectivity index (χ0v) is 21.4. The monoisotopic (exact) mass is 542 g/mol. The molecule has 2 atom stereocenters. The van der Waals surface area contributed by atoms with E-state index in [9.17, 15) is 13.6 Å². The van der Waals surface area contributed by atoms with Crippen LogP contribution in [0, 0.1) is 22.7 Å². The van der Waals surface area contributed by atoms with Crippen molar-refractivity contribution in [3.05, 3.63) is 87.7 Å². The van der Waals surface area contributed by atoms with Gasteiger partial charge in [0.2, 0.25) is 5.13 Å². The van der Waals surface area contributed by atoms with Crippen molar-refractivity contribution in [1.29, 1.82) is 10.5 Å². The third-order valence-corrected chi connectivity index (χ3v) is 7.44. The molecule has 1 aliphatic rings. The molecule has 0 aliphatic heterocycles. The Morgan fingerprint density at radius 1 is 1.13 bits per heavy atom. The molecule has 0 radical (unpaired) electrons. The van der Waals surface area contributed by atoms with Gasteiger partial charge in [-0.05, 0) is 59.4 Å². The van der Waals surface area contributed by atoms with E-state index >= 15 is 0 Å². The molecule has 1 amide bonds. The fraction of sp³-hybridized carbons (Fsp3) is 0.214. The van der Waals surface area contributed by atoms with Gasteiger partial charge in [-0.2, -0.15) is 10.5 Å². The number of halogens is 2. The molecule has 2 heterocycles. The Morgan fingerprint density at radius 2 is 1.92 bits per heavy atom. The van der Waals surface area contributed by atoms with E-state index in [2.05, 4.69) is 32.6 Å². The molecule has 4 aromatic rings. The zero-order chi connectivity index (χ0) is 27.5. The van der Waals surface area contributed by atoms with Crippen molar-refractivity contribution >= 4 is 22.4 Å². The van der Waals surface area contributed by atoms with Gasteiger partial charge in [-0.3, -0.25) is 15.1 Å². The number of nitriles is 2. The summed E-state index contributed by atoms with van der Waals surface area (Å²) in [7, 11) is 1.38. The second-order valence-corrected chi connectivity index (χ2v) is 9.92. The molecule has 5 rings (SSSR count). The maximum absolute atomic E-state index is 13.4. The summed E-state index contributed by atoms with van der Waals surface area (Å²) >= 11 is 1.28. The van der Waals surface area contributed by atoms with Crippen molar-refractivity contribution < 1.29 is 18.3 Å². The van der Waals surface area contributed by atoms with Crippen LogP contribution in [-0.4, -0.2) is 28.2 Å². The first kappa shape index (κ1) is 25.9. The molecule has 0 saturated heterocycles. The number of amides is 1. The van der Waals surface area contributed by atoms with Gasteiger partial charge < -0.3 is 4.74 Å². The molecule has 8 nitrogen and oxygen atoms in total. The Hall–Kier alpha value is -4.74. The first-order valence-corrected chi connectivity index (χ1v) is 12.7. The van der Waals surface area contributed by atoms with Gasteiger partial charge in [0.05, 0.1) is 37.4 Å². The number of nitrogens with one attached hydrogen (secondary N) is 1. The summed E-state index contributed by atoms with van der Waals surface area (Å²) in [6, 6.07) is 17.6. The van der Waals surface area contributed by atoms with Gasteiger partial charge in [0.1, 0.15) is 16.5 Å². The first-order valence-electron chi connectivity index (χ1n) is 11.9. The van der Waals surface area contributed by atoms with Gasteiger partial charge in [0, 0.05) is 17.0 Å². The number of aromatic nitrogens is 3. The lowest BCUT2D eigenvalue weighted by Crippen LogP contribution is -2.13. The summed E-state index contributed by atoms with van der Waals surface area (Å²) in [6.45, 7) is 0. The second-order valence-electron chi connectivity index (χ2n) is 8.91. The van der Waals surface area contributed by atoms with Crippen LogP contribution in [0.5, 0.6) is 5.75 Å². The summed E-state index contributed by atoms with van der Waals surface area (Å²) in [6.07, 6.45) is -0.657. The van der Waals surface area contributed by atoms with Gasteiger partial charge in [-0.15, -0.1) is 10.2 Å². The third kappa shape index (κ3) is 5.44. The van der Waals surface area contributed by atoms with Crippen LogP contribution < -0.4 is 10.1 Å². The molecule has 1 N–H and O–H groups in total. The molecular weight excluding hydrogens is 522 g/mol. The van der Waals surface area contributed by atoms with Crippen LogP contribution in [0.2, 0.25) is 0 Å². The molecular formula is C28H20F2N6O2S. The minimum atomic E-state index is -2.82. The summed E-state index contributed by atoms with van der Waals surface area (Å²) < 4.78 is 32.2. The predicted octanol–water partition coefficient (Wildman–Crippen LogP) is 6.01. The van der Waals surface area contributed by atoms with Crippen LogP contribution >= 0.6 is 11.3 Å². The largest absolute Gasteiger partial charge is 0.494 e. The maximum Gasteiger partial charge on any atom is 0.280 e. The maximum atomic E-state index is 13.4. The third-order valence-electron chi connectivity index (χ3n) is 6.47. The molecule has 1 aliphatic carbocycles. The van der Waals surface area contributed by atoms with Crippen molar-refractivity contribution in [2.24, 2.45) is 0 Å². The number of rotatable bonds is 8. The fourth-order valence-electron chi connectivity index (χ4n) is 4.41. The van der Waals surface area contributed by atoms with E-state index in [0.29, 0.717) is 21.8 Å². The summed E-state index contributed by atoms with van der Waals surface area (Å²) in [5.74, 6) is 0.156. The van der Waals surface area contributed by atoms with Gasteiger partial charge in [-0.25, -0.2) is 8.78 Å². The second kappa shape index (κ2) is 10.9. The number of nitrogens with zero attached hydrogens (tertiary/aromatic N) is 5. The van der Waals surface area contributed by atoms with Gasteiger partial charge in [-0.1, -0.05) is 29.5 Å². The average molecular weight is 543 g/mol. The number of anilines is 1. The smallest absolute Gasteiger partial charge is 0.280 e. The zero-order valence-electron chi connectivity index (χ0n) is 20.6. The van der Waals surface area contributed by atoms with Crippen LogP contribution in [0.15, 0.2) is 54.7 Å². The molecule has 1 saturated carbocycles. The van der Waals surface area contributed by atoms with Crippen LogP contribution in [0.25, 0.3) is 11.1 Å². The van der Waals surface area contributed by atoms with Crippen molar-refractivity contribution in [2.75, 3.05) is 12.4 Å². The Balaban J connectivity index is 1.40. The van der Waals surface area contributed by atoms with E-state index < -0.39 is 18.0 Å². The predicted molar refractivity (Wildman–Crippen MR) is 140 cm³/mol. The van der Waals surface area contributed by atoms with E-state index in [4.69, 9.17) is 15.3 Å². The number of carbonyl (C=O) groups excluding carboxylic acids is 1. The topological polar surface area (TPSA) is 125 Å². The van der Waals surface area contributed by atoms with Crippen molar-refractivity contribution in [2.45, 2.75) is 31.1 Å². The molecule has 11 heteroatoms. The van der Waals surface area contributed by atoms with E-state index in [0.717, 1.165) is 17.0 Å². The highest BCUT2D eigenvalue weighted by atomic mass is 32.1. The molecule has 1 fully saturated rings. The molecule has 194 valence electrons. The molecule has 0 bridgehead atoms. The number of hydrogen-bond donors (Lipinski definition) is 1. The lowest BCUT2D eigenvalue weighted by Gasteiger charge is -2.15. The summed E-state index contributed by atoms with van der Waals surface area (Å²) in [5, 5.41) is 30.4. The summed E-state index contributed by atoms with van der Waals surface area (Å²) in [5.41, 5.74) is 2.66. The number of carbonyl (C=O) groups is 1. The number of benzene rings is 2. The van der Waals surface area contributed by atoms with Gasteiger partial charge in [0.15, 0.2) is 0 Å². The number of methoxy groups -OCH3 is 1. The van der Waals surface area contributed by atoms with E-state index in [-0.39, 0.29) is 35.1 Å². The van der Waals surface area contributed by atoms with E-state index in [1.54, 1.807) is 30.3 Å². The highest BCUT2D eigenvalue weighted by Gasteiger charge is 2.42. The quantitative estimate of drug-likeness (QED) is 0.289. The fourth-order valence-corrected chi connectivity index (χ4v) is 5.32. The molecule has 2 aromatic heterocycles. The van der Waals surface area contributed by atoms with E-state index in [1.807, 2.05) is 12.1 Å². The van der Waals surface area contributed by atoms with Crippen molar-refractivity contribution in [3.8, 4) is 29.0 Å². The lowest BCUT2D eigenvalue weighted by atomic mass is 9.95. The normalized spacial score (nSPS) is 15.8. The highest BCUT2D eigenvalue weighted by Crippen LogP contribution is 2.55. The van der Waals surface area contributed by atoms with Crippen LogP contribution in [0.3, 0.4) is 0 Å². The Labute approximate surface area is 226 Å². The van der Waals surface area contributed by atoms with Crippen LogP contribution in [0.1, 0.15) is 62.4 Å². The Kier molecular flexibility index (Phi) is 7.26. The standard InChI is InChI=1S/C28H20F2N6O2S/c1-38-24-14-33-23(25(29)30)12-21(24)20-10-15(8-9-31)4-7-18(20)26(37)34-28-36-35-27(39-28)22-11-19(22)17-5-2-16(13-32)3-6-17/h2-7,10,12,14,19,22,25H,8,11H2,1H3,(H,34,36,37). The Morgan fingerprint density at radius 3 is 2.62 bits per heavy atom. The first-order chi connectivity index (χ1) is 18.9. The number of hydrogen-bond acceptors (Lipinski definition) is 8. The molecule has 2 unspecified atom stereocenters. The Bertz CT molecular complexity index is 1620. The van der Waals surface area contributed by atoms with Gasteiger partial charge in [0.25, 0.3) is 12.3 Å². The SMILES string of the molecule is COc1cnc(C(F)F)cc1-c1cc(CC#N)ccc1C(=O)Nc1nnc(C2CC2c2ccc(C#N)cc2)s1. The number of ether oxygens (including phenoxy) is 1. The van der Waals surface area contributed by atoms with Crippen LogP contribution in [0.4, 0.5) is 13.9 Å². The molecule has 0 spiro atoms. The van der Waals surface area contributed by atoms with E-state index in [1.165, 1.54) is 30.7 Å². The minimum absolute atomic E-state index is 0.0750. The van der Waals surface area contributed by atoms with Crippen molar-refractivity contribution in [3.63, 3.8) is 0 Å². The minimum Gasteiger partial charge on any atom is -0.494 e. The average Bonchev–Trinajstić information content (AvgIpc) is 3.63. The number of alkyl halides is 2. The molecule has 2 aromatic carbocycles. The lowest BCUT2D eigenvalue weighted by molar-refractivity contribution is 0.102. The summed E-state index contributed by atoms with van der Waals surface area (Å²) in [4.78, 5) is 17.1. The molecule has 39 heavy (non-hydrogen) atoms. The number of pyridine rings is 1. The van der Waals surface area contributed by atoms with Crippen molar-refractivity contribution in [1.82, 2.24) is 15.2 Å². The highest BCUT2D eigenvalue weighted by molar-refractivity contribution is 7.15. The van der Waals surface area contributed by atoms with Gasteiger partial charge >= 0.3 is 0 Å². The van der Waals surface area contributed by atoms with Crippen LogP contribution in [-0.2, 0) is 6.42 Å².